The summed E-state index contributed by atoms with van der Waals surface area (Å²) in [6, 6.07) is 11.3. The van der Waals surface area contributed by atoms with Crippen LogP contribution in [0.4, 0.5) is 0 Å². The Bertz CT molecular complexity index is 953. The molecule has 2 aromatic heterocycles. The van der Waals surface area contributed by atoms with Gasteiger partial charge in [-0.15, -0.1) is 10.2 Å². The van der Waals surface area contributed by atoms with Crippen LogP contribution in [0.1, 0.15) is 23.2 Å². The minimum Gasteiger partial charge on any atom is -0.352 e. The Balaban J connectivity index is 1.58. The van der Waals surface area contributed by atoms with E-state index < -0.39 is 0 Å². The second-order valence-corrected chi connectivity index (χ2v) is 5.96. The van der Waals surface area contributed by atoms with Gasteiger partial charge in [0.25, 0.3) is 5.56 Å². The Morgan fingerprint density at radius 2 is 2.08 bits per heavy atom. The Morgan fingerprint density at radius 1 is 1.19 bits per heavy atom. The fraction of sp³-hybridized carbons (Fsp3) is 0.211. The van der Waals surface area contributed by atoms with Crippen molar-refractivity contribution in [2.45, 2.75) is 26.3 Å². The highest BCUT2D eigenvalue weighted by atomic mass is 16.1. The largest absolute Gasteiger partial charge is 0.352 e. The number of hydrogen-bond donors (Lipinski definition) is 2. The molecule has 0 saturated heterocycles. The highest BCUT2D eigenvalue weighted by molar-refractivity contribution is 5.76. The Kier molecular flexibility index (Phi) is 5.48. The number of carbonyl (C=O) groups excluding carboxylic acids is 1. The maximum absolute atomic E-state index is 12.2. The lowest BCUT2D eigenvalue weighted by molar-refractivity contribution is -0.121. The fourth-order valence-electron chi connectivity index (χ4n) is 2.47. The molecule has 1 amide bonds. The lowest BCUT2D eigenvalue weighted by Crippen LogP contribution is -2.25. The van der Waals surface area contributed by atoms with Gasteiger partial charge in [0.05, 0.1) is 0 Å². The third kappa shape index (κ3) is 4.60. The van der Waals surface area contributed by atoms with Crippen molar-refractivity contribution in [3.8, 4) is 11.4 Å². The molecule has 7 nitrogen and oxygen atoms in total. The van der Waals surface area contributed by atoms with E-state index in [9.17, 15) is 9.59 Å². The van der Waals surface area contributed by atoms with Crippen molar-refractivity contribution in [3.63, 3.8) is 0 Å². The number of carbonyl (C=O) groups is 1. The molecule has 0 aliphatic rings. The highest BCUT2D eigenvalue weighted by Gasteiger charge is 2.09. The van der Waals surface area contributed by atoms with Crippen molar-refractivity contribution in [3.05, 3.63) is 76.0 Å². The zero-order valence-electron chi connectivity index (χ0n) is 14.4. The summed E-state index contributed by atoms with van der Waals surface area (Å²) >= 11 is 0. The van der Waals surface area contributed by atoms with E-state index in [1.54, 1.807) is 12.4 Å². The summed E-state index contributed by atoms with van der Waals surface area (Å²) in [6.07, 6.45) is 3.77. The van der Waals surface area contributed by atoms with E-state index in [0.29, 0.717) is 12.4 Å². The third-order valence-corrected chi connectivity index (χ3v) is 3.86. The van der Waals surface area contributed by atoms with E-state index >= 15 is 0 Å². The van der Waals surface area contributed by atoms with Gasteiger partial charge in [0.2, 0.25) is 5.91 Å². The van der Waals surface area contributed by atoms with Crippen molar-refractivity contribution >= 4 is 5.91 Å². The maximum Gasteiger partial charge on any atom is 0.273 e. The van der Waals surface area contributed by atoms with Gasteiger partial charge in [-0.3, -0.25) is 14.6 Å². The predicted molar refractivity (Wildman–Crippen MR) is 97.2 cm³/mol. The lowest BCUT2D eigenvalue weighted by atomic mass is 10.1. The summed E-state index contributed by atoms with van der Waals surface area (Å²) in [5.41, 5.74) is 2.71. The van der Waals surface area contributed by atoms with Crippen LogP contribution >= 0.6 is 0 Å². The van der Waals surface area contributed by atoms with Crippen LogP contribution in [0.15, 0.2) is 53.6 Å². The first-order valence-electron chi connectivity index (χ1n) is 8.30. The van der Waals surface area contributed by atoms with Gasteiger partial charge in [0, 0.05) is 37.3 Å². The molecule has 3 rings (SSSR count). The molecular formula is C19H19N5O2. The van der Waals surface area contributed by atoms with E-state index in [4.69, 9.17) is 0 Å². The van der Waals surface area contributed by atoms with E-state index in [0.717, 1.165) is 16.7 Å². The maximum atomic E-state index is 12.2. The van der Waals surface area contributed by atoms with Crippen LogP contribution in [0.25, 0.3) is 11.4 Å². The van der Waals surface area contributed by atoms with Crippen LogP contribution in [0, 0.1) is 6.92 Å². The SMILES string of the molecule is Cc1cccc(-c2nnc(CCC(=O)NCc3cccnc3)c(=O)[nH]2)c1. The number of hydrogen-bond acceptors (Lipinski definition) is 5. The average molecular weight is 349 g/mol. The number of nitrogens with zero attached hydrogens (tertiary/aromatic N) is 3. The van der Waals surface area contributed by atoms with Gasteiger partial charge in [-0.25, -0.2) is 0 Å². The van der Waals surface area contributed by atoms with Crippen molar-refractivity contribution in [1.29, 1.82) is 0 Å². The summed E-state index contributed by atoms with van der Waals surface area (Å²) in [5.74, 6) is 0.265. The molecule has 0 fully saturated rings. The molecule has 0 aliphatic carbocycles. The average Bonchev–Trinajstić information content (AvgIpc) is 2.66. The van der Waals surface area contributed by atoms with Gasteiger partial charge in [-0.2, -0.15) is 0 Å². The lowest BCUT2D eigenvalue weighted by Gasteiger charge is -2.05. The number of aryl methyl sites for hydroxylation is 2. The van der Waals surface area contributed by atoms with Gasteiger partial charge in [-0.1, -0.05) is 29.8 Å². The Morgan fingerprint density at radius 3 is 2.81 bits per heavy atom. The molecule has 0 spiro atoms. The Labute approximate surface area is 150 Å². The second-order valence-electron chi connectivity index (χ2n) is 5.96. The monoisotopic (exact) mass is 349 g/mol. The fourth-order valence-corrected chi connectivity index (χ4v) is 2.47. The summed E-state index contributed by atoms with van der Waals surface area (Å²) in [5, 5.41) is 10.9. The highest BCUT2D eigenvalue weighted by Crippen LogP contribution is 2.14. The molecule has 2 heterocycles. The summed E-state index contributed by atoms with van der Waals surface area (Å²) in [6.45, 7) is 2.37. The number of rotatable bonds is 6. The summed E-state index contributed by atoms with van der Waals surface area (Å²) < 4.78 is 0. The number of pyridine rings is 1. The van der Waals surface area contributed by atoms with Crippen LogP contribution in [0.5, 0.6) is 0 Å². The van der Waals surface area contributed by atoms with Crippen LogP contribution in [0.2, 0.25) is 0 Å². The molecule has 0 aliphatic heterocycles. The van der Waals surface area contributed by atoms with Crippen LogP contribution in [0.3, 0.4) is 0 Å². The number of aromatic amines is 1. The standard InChI is InChI=1S/C19H19N5O2/c1-13-4-2-6-15(10-13)18-22-19(26)16(23-24-18)7-8-17(25)21-12-14-5-3-9-20-11-14/h2-6,9-11H,7-8,12H2,1H3,(H,21,25)(H,22,24,26). The van der Waals surface area contributed by atoms with Crippen molar-refractivity contribution in [1.82, 2.24) is 25.5 Å². The number of benzene rings is 1. The summed E-state index contributed by atoms with van der Waals surface area (Å²) in [4.78, 5) is 30.9. The molecular weight excluding hydrogens is 330 g/mol. The first-order chi connectivity index (χ1) is 12.6. The normalized spacial score (nSPS) is 10.5. The molecule has 26 heavy (non-hydrogen) atoms. The molecule has 0 saturated carbocycles. The minimum atomic E-state index is -0.323. The van der Waals surface area contributed by atoms with Crippen LogP contribution < -0.4 is 10.9 Å². The number of nitrogens with one attached hydrogen (secondary N) is 2. The molecule has 0 bridgehead atoms. The van der Waals surface area contributed by atoms with E-state index in [-0.39, 0.29) is 30.0 Å². The van der Waals surface area contributed by atoms with Crippen molar-refractivity contribution in [2.75, 3.05) is 0 Å². The van der Waals surface area contributed by atoms with E-state index in [1.807, 2.05) is 43.3 Å². The topological polar surface area (TPSA) is 101 Å². The Hall–Kier alpha value is -3.35. The molecule has 0 unspecified atom stereocenters. The molecule has 0 radical (unpaired) electrons. The molecule has 1 aromatic carbocycles. The quantitative estimate of drug-likeness (QED) is 0.706. The van der Waals surface area contributed by atoms with Crippen molar-refractivity contribution in [2.24, 2.45) is 0 Å². The van der Waals surface area contributed by atoms with Gasteiger partial charge < -0.3 is 10.3 Å². The molecule has 7 heteroatoms. The van der Waals surface area contributed by atoms with Crippen LogP contribution in [-0.4, -0.2) is 26.1 Å². The number of aromatic nitrogens is 4. The second kappa shape index (κ2) is 8.15. The first-order valence-corrected chi connectivity index (χ1v) is 8.30. The predicted octanol–water partition coefficient (Wildman–Crippen LogP) is 1.78. The zero-order valence-corrected chi connectivity index (χ0v) is 14.4. The summed E-state index contributed by atoms with van der Waals surface area (Å²) in [7, 11) is 0. The number of H-pyrrole nitrogens is 1. The molecule has 2 N–H and O–H groups in total. The van der Waals surface area contributed by atoms with E-state index in [2.05, 4.69) is 25.5 Å². The smallest absolute Gasteiger partial charge is 0.273 e. The van der Waals surface area contributed by atoms with Crippen LogP contribution in [-0.2, 0) is 17.8 Å². The third-order valence-electron chi connectivity index (χ3n) is 3.86. The minimum absolute atomic E-state index is 0.155. The molecule has 3 aromatic rings. The molecule has 0 atom stereocenters. The number of amides is 1. The van der Waals surface area contributed by atoms with Gasteiger partial charge in [0.1, 0.15) is 5.69 Å². The van der Waals surface area contributed by atoms with Gasteiger partial charge >= 0.3 is 0 Å². The van der Waals surface area contributed by atoms with Gasteiger partial charge in [0.15, 0.2) is 5.82 Å². The van der Waals surface area contributed by atoms with E-state index in [1.165, 1.54) is 0 Å². The first kappa shape index (κ1) is 17.5. The van der Waals surface area contributed by atoms with Crippen molar-refractivity contribution < 1.29 is 4.79 Å². The van der Waals surface area contributed by atoms with Gasteiger partial charge in [-0.05, 0) is 24.6 Å². The molecule has 132 valence electrons. The zero-order chi connectivity index (χ0) is 18.4.